The molecular formula is C28H36N6O3S. The van der Waals surface area contributed by atoms with E-state index in [0.29, 0.717) is 41.9 Å². The number of hydrogen-bond donors (Lipinski definition) is 3. The zero-order chi connectivity index (χ0) is 26.8. The summed E-state index contributed by atoms with van der Waals surface area (Å²) < 4.78 is 11.8. The number of aryl methyl sites for hydroxylation is 2. The first kappa shape index (κ1) is 26.3. The molecule has 1 aromatic carbocycles. The Bertz CT molecular complexity index is 1260. The van der Waals surface area contributed by atoms with Gasteiger partial charge in [-0.05, 0) is 87.5 Å². The minimum Gasteiger partial charge on any atom is -0.325 e. The van der Waals surface area contributed by atoms with Gasteiger partial charge in [0.15, 0.2) is 0 Å². The minimum absolute atomic E-state index is 0.115. The molecule has 9 nitrogen and oxygen atoms in total. The minimum atomic E-state index is -0.975. The van der Waals surface area contributed by atoms with Crippen LogP contribution in [0.3, 0.4) is 0 Å². The van der Waals surface area contributed by atoms with Crippen molar-refractivity contribution in [2.45, 2.75) is 52.0 Å². The van der Waals surface area contributed by atoms with E-state index in [1.54, 1.807) is 23.4 Å². The van der Waals surface area contributed by atoms with Crippen molar-refractivity contribution in [3.05, 3.63) is 53.6 Å². The van der Waals surface area contributed by atoms with Crippen LogP contribution in [0.2, 0.25) is 0 Å². The second-order valence-electron chi connectivity index (χ2n) is 10.7. The van der Waals surface area contributed by atoms with Crippen molar-refractivity contribution in [1.82, 2.24) is 25.3 Å². The summed E-state index contributed by atoms with van der Waals surface area (Å²) in [5, 5.41) is 17.2. The Morgan fingerprint density at radius 3 is 2.29 bits per heavy atom. The molecule has 10 heteroatoms. The van der Waals surface area contributed by atoms with Crippen LogP contribution >= 0.6 is 0 Å². The van der Waals surface area contributed by atoms with Gasteiger partial charge in [-0.25, -0.2) is 0 Å². The monoisotopic (exact) mass is 536 g/mol. The Hall–Kier alpha value is -3.27. The molecule has 3 N–H and O–H groups in total. The zero-order valence-corrected chi connectivity index (χ0v) is 23.0. The molecule has 202 valence electrons. The molecule has 3 aromatic rings. The van der Waals surface area contributed by atoms with Crippen molar-refractivity contribution < 1.29 is 13.8 Å². The largest absolute Gasteiger partial charge is 0.325 e. The summed E-state index contributed by atoms with van der Waals surface area (Å²) in [5.41, 5.74) is 5.07. The molecule has 0 aliphatic heterocycles. The van der Waals surface area contributed by atoms with Crippen molar-refractivity contribution in [3.8, 4) is 11.1 Å². The van der Waals surface area contributed by atoms with Crippen LogP contribution < -0.4 is 5.32 Å². The number of benzene rings is 1. The Labute approximate surface area is 225 Å². The van der Waals surface area contributed by atoms with E-state index >= 15 is 0 Å². The third-order valence-corrected chi connectivity index (χ3v) is 8.56. The molecule has 2 aliphatic rings. The number of hydrogen-bond acceptors (Lipinski definition) is 5. The molecule has 5 rings (SSSR count). The van der Waals surface area contributed by atoms with E-state index in [0.717, 1.165) is 48.2 Å². The first-order valence-electron chi connectivity index (χ1n) is 13.4. The second kappa shape index (κ2) is 11.2. The number of rotatable bonds is 12. The van der Waals surface area contributed by atoms with E-state index in [9.17, 15) is 13.8 Å². The molecule has 2 aliphatic carbocycles. The summed E-state index contributed by atoms with van der Waals surface area (Å²) in [6, 6.07) is 8.82. The van der Waals surface area contributed by atoms with Crippen molar-refractivity contribution in [2.24, 2.45) is 17.8 Å². The number of amides is 2. The average Bonchev–Trinajstić information content (AvgIpc) is 3.82. The molecule has 0 spiro atoms. The Balaban J connectivity index is 1.43. The van der Waals surface area contributed by atoms with Gasteiger partial charge in [-0.2, -0.15) is 10.2 Å². The van der Waals surface area contributed by atoms with Crippen molar-refractivity contribution in [2.75, 3.05) is 23.9 Å². The van der Waals surface area contributed by atoms with Crippen LogP contribution in [-0.2, 0) is 15.6 Å². The highest BCUT2D eigenvalue weighted by Crippen LogP contribution is 2.52. The van der Waals surface area contributed by atoms with E-state index in [1.165, 1.54) is 0 Å². The van der Waals surface area contributed by atoms with Gasteiger partial charge < -0.3 is 10.2 Å². The summed E-state index contributed by atoms with van der Waals surface area (Å²) >= 11 is 0. The number of carbonyl (C=O) groups is 2. The van der Waals surface area contributed by atoms with Crippen molar-refractivity contribution in [1.29, 1.82) is 0 Å². The Morgan fingerprint density at radius 1 is 1.08 bits per heavy atom. The van der Waals surface area contributed by atoms with E-state index in [2.05, 4.69) is 25.7 Å². The average molecular weight is 537 g/mol. The number of H-pyrrole nitrogens is 2. The maximum Gasteiger partial charge on any atom is 0.272 e. The molecule has 2 amide bonds. The van der Waals surface area contributed by atoms with Gasteiger partial charge in [0.25, 0.3) is 5.91 Å². The molecule has 0 radical (unpaired) electrons. The summed E-state index contributed by atoms with van der Waals surface area (Å²) in [4.78, 5) is 29.5. The zero-order valence-electron chi connectivity index (χ0n) is 22.2. The Kier molecular flexibility index (Phi) is 7.78. The predicted octanol–water partition coefficient (Wildman–Crippen LogP) is 4.07. The van der Waals surface area contributed by atoms with Gasteiger partial charge in [0.2, 0.25) is 5.91 Å². The highest BCUT2D eigenvalue weighted by molar-refractivity contribution is 7.84. The standard InChI is InChI=1S/C28H36N6O3S/c1-17-24(18(2)32-31-17)19-9-11-22(12-10-19)30-27(35)26(25(20-5-6-20)21-7-8-21)34(15-4-16-38(3)37)28(36)23-13-14-29-33-23/h9-14,20-21,25-26H,4-8,15-16H2,1-3H3,(H,29,33)(H,30,35)(H,31,32)/t26-,38?/m0/s1. The van der Waals surface area contributed by atoms with Gasteiger partial charge in [0, 0.05) is 52.5 Å². The number of aromatic amines is 2. The molecule has 2 heterocycles. The summed E-state index contributed by atoms with van der Waals surface area (Å²) in [5.74, 6) is 1.09. The lowest BCUT2D eigenvalue weighted by atomic mass is 9.87. The van der Waals surface area contributed by atoms with Crippen LogP contribution in [0.25, 0.3) is 11.1 Å². The fourth-order valence-corrected chi connectivity index (χ4v) is 6.17. The fraction of sp³-hybridized carbons (Fsp3) is 0.500. The maximum atomic E-state index is 14.0. The van der Waals surface area contributed by atoms with Gasteiger partial charge in [-0.1, -0.05) is 12.1 Å². The van der Waals surface area contributed by atoms with Gasteiger partial charge in [-0.15, -0.1) is 0 Å². The number of nitrogens with zero attached hydrogens (tertiary/aromatic N) is 3. The summed E-state index contributed by atoms with van der Waals surface area (Å²) in [7, 11) is -0.975. The lowest BCUT2D eigenvalue weighted by Crippen LogP contribution is -2.53. The normalized spacial score (nSPS) is 16.8. The molecule has 38 heavy (non-hydrogen) atoms. The van der Waals surface area contributed by atoms with Crippen LogP contribution in [0.4, 0.5) is 5.69 Å². The molecule has 2 aromatic heterocycles. The fourth-order valence-electron chi connectivity index (χ4n) is 5.63. The van der Waals surface area contributed by atoms with Crippen molar-refractivity contribution in [3.63, 3.8) is 0 Å². The number of anilines is 1. The molecule has 0 bridgehead atoms. The third-order valence-electron chi connectivity index (χ3n) is 7.69. The first-order valence-corrected chi connectivity index (χ1v) is 15.1. The quantitative estimate of drug-likeness (QED) is 0.322. The second-order valence-corrected chi connectivity index (χ2v) is 12.2. The van der Waals surface area contributed by atoms with Gasteiger partial charge in [0.05, 0.1) is 5.69 Å². The lowest BCUT2D eigenvalue weighted by Gasteiger charge is -2.36. The van der Waals surface area contributed by atoms with Crippen LogP contribution in [0.5, 0.6) is 0 Å². The highest BCUT2D eigenvalue weighted by atomic mass is 32.2. The van der Waals surface area contributed by atoms with E-state index in [4.69, 9.17) is 0 Å². The van der Waals surface area contributed by atoms with Gasteiger partial charge in [-0.3, -0.25) is 24.0 Å². The maximum absolute atomic E-state index is 14.0. The topological polar surface area (TPSA) is 124 Å². The first-order chi connectivity index (χ1) is 18.3. The van der Waals surface area contributed by atoms with Gasteiger partial charge >= 0.3 is 0 Å². The van der Waals surface area contributed by atoms with Crippen LogP contribution in [0.1, 0.15) is 54.0 Å². The number of carbonyl (C=O) groups excluding carboxylic acids is 2. The summed E-state index contributed by atoms with van der Waals surface area (Å²) in [6.45, 7) is 4.32. The van der Waals surface area contributed by atoms with Crippen molar-refractivity contribution >= 4 is 28.3 Å². The van der Waals surface area contributed by atoms with Crippen LogP contribution in [0, 0.1) is 31.6 Å². The van der Waals surface area contributed by atoms with E-state index in [-0.39, 0.29) is 17.7 Å². The molecule has 0 saturated heterocycles. The van der Waals surface area contributed by atoms with Gasteiger partial charge in [0.1, 0.15) is 11.7 Å². The van der Waals surface area contributed by atoms with E-state index < -0.39 is 16.8 Å². The third kappa shape index (κ3) is 5.90. The number of aromatic nitrogens is 4. The smallest absolute Gasteiger partial charge is 0.272 e. The molecule has 2 atom stereocenters. The molecule has 1 unspecified atom stereocenters. The molecule has 2 saturated carbocycles. The number of nitrogens with one attached hydrogen (secondary N) is 3. The molecule has 2 fully saturated rings. The lowest BCUT2D eigenvalue weighted by molar-refractivity contribution is -0.123. The van der Waals surface area contributed by atoms with Crippen LogP contribution in [0.15, 0.2) is 36.5 Å². The Morgan fingerprint density at radius 2 is 1.76 bits per heavy atom. The SMILES string of the molecule is Cc1n[nH]c(C)c1-c1ccc(NC(=O)[C@H](C(C2CC2)C2CC2)N(CCCS(C)=O)C(=O)c2ccn[nH]2)cc1. The highest BCUT2D eigenvalue weighted by Gasteiger charge is 2.50. The van der Waals surface area contributed by atoms with E-state index in [1.807, 2.05) is 38.1 Å². The molecular weight excluding hydrogens is 500 g/mol. The summed E-state index contributed by atoms with van der Waals surface area (Å²) in [6.07, 6.45) is 8.14. The predicted molar refractivity (Wildman–Crippen MR) is 148 cm³/mol. The van der Waals surface area contributed by atoms with Crippen LogP contribution in [-0.4, -0.2) is 65.9 Å².